The quantitative estimate of drug-likeness (QED) is 0.578. The van der Waals surface area contributed by atoms with Gasteiger partial charge in [-0.05, 0) is 40.2 Å². The van der Waals surface area contributed by atoms with Gasteiger partial charge in [-0.25, -0.2) is 9.59 Å². The number of carbonyl (C=O) groups is 2. The van der Waals surface area contributed by atoms with E-state index < -0.39 is 23.7 Å². The number of hydrogen-bond acceptors (Lipinski definition) is 6. The van der Waals surface area contributed by atoms with Crippen molar-refractivity contribution in [3.8, 4) is 11.8 Å². The first kappa shape index (κ1) is 21.3. The topological polar surface area (TPSA) is 88.9 Å². The number of benzene rings is 1. The molecule has 0 bridgehead atoms. The fourth-order valence-corrected chi connectivity index (χ4v) is 2.91. The number of ether oxygens (including phenoxy) is 3. The molecule has 0 aromatic heterocycles. The summed E-state index contributed by atoms with van der Waals surface area (Å²) >= 11 is 0. The molecule has 0 aliphatic carbocycles. The number of amides is 1. The van der Waals surface area contributed by atoms with Gasteiger partial charge in [0.15, 0.2) is 0 Å². The first-order chi connectivity index (χ1) is 13.3. The third-order valence-electron chi connectivity index (χ3n) is 4.01. The highest BCUT2D eigenvalue weighted by Gasteiger charge is 2.33. The predicted octanol–water partition coefficient (Wildman–Crippen LogP) is 3.74. The summed E-state index contributed by atoms with van der Waals surface area (Å²) in [7, 11) is 0. The number of esters is 1. The number of nitriles is 1. The van der Waals surface area contributed by atoms with Crippen molar-refractivity contribution in [3.63, 3.8) is 0 Å². The Hall–Kier alpha value is -3.01. The van der Waals surface area contributed by atoms with Gasteiger partial charge in [0.1, 0.15) is 24.0 Å². The van der Waals surface area contributed by atoms with E-state index in [2.05, 4.69) is 6.07 Å². The molecule has 2 rings (SSSR count). The van der Waals surface area contributed by atoms with Crippen molar-refractivity contribution < 1.29 is 23.8 Å². The van der Waals surface area contributed by atoms with Crippen LogP contribution in [0.3, 0.4) is 0 Å². The van der Waals surface area contributed by atoms with E-state index in [1.807, 2.05) is 6.07 Å². The van der Waals surface area contributed by atoms with Crippen molar-refractivity contribution >= 4 is 12.1 Å². The molecule has 1 aromatic carbocycles. The zero-order valence-electron chi connectivity index (χ0n) is 16.7. The Balaban J connectivity index is 2.39. The Morgan fingerprint density at radius 1 is 1.39 bits per heavy atom. The van der Waals surface area contributed by atoms with Crippen LogP contribution in [0.2, 0.25) is 0 Å². The van der Waals surface area contributed by atoms with Crippen LogP contribution < -0.4 is 4.74 Å². The van der Waals surface area contributed by atoms with Crippen LogP contribution in [0.15, 0.2) is 30.4 Å². The number of fused-ring (bicyclic) bond motifs is 1. The summed E-state index contributed by atoms with van der Waals surface area (Å²) in [5.41, 5.74) is 0.464. The molecular formula is C21H26N2O5. The van der Waals surface area contributed by atoms with E-state index in [-0.39, 0.29) is 6.61 Å². The highest BCUT2D eigenvalue weighted by molar-refractivity contribution is 5.81. The molecule has 7 nitrogen and oxygen atoms in total. The molecule has 1 aliphatic rings. The molecule has 0 fully saturated rings. The van der Waals surface area contributed by atoms with Crippen LogP contribution in [-0.2, 0) is 14.3 Å². The molecule has 1 unspecified atom stereocenters. The molecule has 0 spiro atoms. The summed E-state index contributed by atoms with van der Waals surface area (Å²) in [6.45, 7) is 7.97. The molecule has 0 radical (unpaired) electrons. The van der Waals surface area contributed by atoms with Gasteiger partial charge in [0, 0.05) is 11.6 Å². The van der Waals surface area contributed by atoms with Gasteiger partial charge in [-0.2, -0.15) is 5.26 Å². The van der Waals surface area contributed by atoms with E-state index in [0.717, 1.165) is 0 Å². The fourth-order valence-electron chi connectivity index (χ4n) is 2.91. The first-order valence-electron chi connectivity index (χ1n) is 9.25. The van der Waals surface area contributed by atoms with Gasteiger partial charge in [0.2, 0.25) is 0 Å². The minimum Gasteiger partial charge on any atom is -0.490 e. The second-order valence-corrected chi connectivity index (χ2v) is 7.26. The Morgan fingerprint density at radius 2 is 2.14 bits per heavy atom. The zero-order chi connectivity index (χ0) is 20.7. The molecule has 7 heteroatoms. The molecule has 0 N–H and O–H groups in total. The monoisotopic (exact) mass is 386 g/mol. The van der Waals surface area contributed by atoms with E-state index in [1.165, 1.54) is 6.08 Å². The standard InChI is InChI=1S/C21H26N2O5/c1-5-26-18(24)11-7-10-17-16-9-6-8-15(14-22)19(16)27-13-12-23(17)20(25)28-21(2,3)4/h6-9,11,17H,5,10,12-13H2,1-4H3. The maximum absolute atomic E-state index is 12.8. The summed E-state index contributed by atoms with van der Waals surface area (Å²) < 4.78 is 16.2. The molecule has 1 aliphatic heterocycles. The highest BCUT2D eigenvalue weighted by Crippen LogP contribution is 2.37. The van der Waals surface area contributed by atoms with E-state index in [4.69, 9.17) is 14.2 Å². The summed E-state index contributed by atoms with van der Waals surface area (Å²) in [6, 6.07) is 6.93. The molecule has 1 aromatic rings. The molecule has 28 heavy (non-hydrogen) atoms. The summed E-state index contributed by atoms with van der Waals surface area (Å²) in [5, 5.41) is 9.40. The molecular weight excluding hydrogens is 360 g/mol. The number of hydrogen-bond donors (Lipinski definition) is 0. The van der Waals surface area contributed by atoms with E-state index in [0.29, 0.717) is 36.4 Å². The number of para-hydroxylation sites is 1. The Bertz CT molecular complexity index is 789. The van der Waals surface area contributed by atoms with E-state index in [1.54, 1.807) is 50.8 Å². The molecule has 1 amide bonds. The van der Waals surface area contributed by atoms with Gasteiger partial charge >= 0.3 is 12.1 Å². The van der Waals surface area contributed by atoms with Crippen molar-refractivity contribution in [1.29, 1.82) is 5.26 Å². The predicted molar refractivity (Wildman–Crippen MR) is 103 cm³/mol. The molecule has 1 heterocycles. The summed E-state index contributed by atoms with van der Waals surface area (Å²) in [4.78, 5) is 26.0. The van der Waals surface area contributed by atoms with Gasteiger partial charge in [-0.1, -0.05) is 18.2 Å². The van der Waals surface area contributed by atoms with Gasteiger partial charge in [0.05, 0.1) is 24.8 Å². The second-order valence-electron chi connectivity index (χ2n) is 7.26. The highest BCUT2D eigenvalue weighted by atomic mass is 16.6. The lowest BCUT2D eigenvalue weighted by atomic mass is 9.98. The van der Waals surface area contributed by atoms with Crippen molar-refractivity contribution in [2.75, 3.05) is 19.8 Å². The summed E-state index contributed by atoms with van der Waals surface area (Å²) in [5.74, 6) is 0.0211. The van der Waals surface area contributed by atoms with Crippen molar-refractivity contribution in [1.82, 2.24) is 4.90 Å². The molecule has 0 saturated heterocycles. The lowest BCUT2D eigenvalue weighted by molar-refractivity contribution is -0.137. The molecule has 150 valence electrons. The van der Waals surface area contributed by atoms with Gasteiger partial charge < -0.3 is 14.2 Å². The van der Waals surface area contributed by atoms with Crippen molar-refractivity contribution in [2.45, 2.75) is 45.8 Å². The SMILES string of the molecule is CCOC(=O)C=CCC1c2cccc(C#N)c2OCCN1C(=O)OC(C)(C)C. The summed E-state index contributed by atoms with van der Waals surface area (Å²) in [6.07, 6.45) is 2.88. The second kappa shape index (κ2) is 9.27. The van der Waals surface area contributed by atoms with Gasteiger partial charge in [-0.3, -0.25) is 4.90 Å². The average molecular weight is 386 g/mol. The van der Waals surface area contributed by atoms with Crippen LogP contribution in [0, 0.1) is 11.3 Å². The maximum Gasteiger partial charge on any atom is 0.410 e. The Kier molecular flexibility index (Phi) is 7.05. The fraction of sp³-hybridized carbons (Fsp3) is 0.476. The third-order valence-corrected chi connectivity index (χ3v) is 4.01. The third kappa shape index (κ3) is 5.49. The van der Waals surface area contributed by atoms with Crippen LogP contribution in [0.4, 0.5) is 4.79 Å². The van der Waals surface area contributed by atoms with Crippen LogP contribution in [0.1, 0.15) is 51.3 Å². The van der Waals surface area contributed by atoms with Crippen molar-refractivity contribution in [2.24, 2.45) is 0 Å². The van der Waals surface area contributed by atoms with Crippen LogP contribution in [-0.4, -0.2) is 42.3 Å². The van der Waals surface area contributed by atoms with E-state index >= 15 is 0 Å². The normalized spacial score (nSPS) is 16.5. The number of nitrogens with zero attached hydrogens (tertiary/aromatic N) is 2. The lowest BCUT2D eigenvalue weighted by Gasteiger charge is -2.31. The number of rotatable bonds is 4. The zero-order valence-corrected chi connectivity index (χ0v) is 16.7. The minimum absolute atomic E-state index is 0.239. The van der Waals surface area contributed by atoms with Crippen molar-refractivity contribution in [3.05, 3.63) is 41.5 Å². The van der Waals surface area contributed by atoms with Gasteiger partial charge in [-0.15, -0.1) is 0 Å². The lowest BCUT2D eigenvalue weighted by Crippen LogP contribution is -2.40. The van der Waals surface area contributed by atoms with Crippen LogP contribution >= 0.6 is 0 Å². The molecule has 1 atom stereocenters. The van der Waals surface area contributed by atoms with Gasteiger partial charge in [0.25, 0.3) is 0 Å². The first-order valence-corrected chi connectivity index (χ1v) is 9.25. The molecule has 0 saturated carbocycles. The largest absolute Gasteiger partial charge is 0.490 e. The number of carbonyl (C=O) groups excluding carboxylic acids is 2. The van der Waals surface area contributed by atoms with Crippen LogP contribution in [0.5, 0.6) is 5.75 Å². The Morgan fingerprint density at radius 3 is 2.79 bits per heavy atom. The van der Waals surface area contributed by atoms with E-state index in [9.17, 15) is 14.9 Å². The average Bonchev–Trinajstić information content (AvgIpc) is 2.80. The minimum atomic E-state index is -0.646. The smallest absolute Gasteiger partial charge is 0.410 e. The Labute approximate surface area is 165 Å². The van der Waals surface area contributed by atoms with Crippen LogP contribution in [0.25, 0.3) is 0 Å². The maximum atomic E-state index is 12.8.